The number of amides is 1. The number of nitrogens with zero attached hydrogens (tertiary/aromatic N) is 4. The number of fused-ring (bicyclic) bond motifs is 1. The molecule has 15 heteroatoms. The summed E-state index contributed by atoms with van der Waals surface area (Å²) in [7, 11) is 1.20. The molecule has 1 aliphatic rings. The number of ether oxygens (including phenoxy) is 1. The zero-order valence-corrected chi connectivity index (χ0v) is 24.2. The number of guanidine groups is 1. The summed E-state index contributed by atoms with van der Waals surface area (Å²) in [6.07, 6.45) is -13.4. The maximum atomic E-state index is 13.8. The first-order valence-electron chi connectivity index (χ1n) is 13.1. The average molecular weight is 624 g/mol. The third-order valence-corrected chi connectivity index (χ3v) is 6.46. The molecule has 2 unspecified atom stereocenters. The number of nitrogens with one attached hydrogen (secondary N) is 1. The second-order valence-electron chi connectivity index (χ2n) is 10.0. The van der Waals surface area contributed by atoms with E-state index in [1.54, 1.807) is 20.8 Å². The fourth-order valence-corrected chi connectivity index (χ4v) is 4.57. The van der Waals surface area contributed by atoms with Gasteiger partial charge in [0, 0.05) is 30.8 Å². The van der Waals surface area contributed by atoms with E-state index in [4.69, 9.17) is 10.1 Å². The van der Waals surface area contributed by atoms with Crippen molar-refractivity contribution in [1.82, 2.24) is 4.90 Å². The van der Waals surface area contributed by atoms with Crippen LogP contribution in [0.25, 0.3) is 0 Å². The van der Waals surface area contributed by atoms with E-state index in [1.807, 2.05) is 0 Å². The molecular formula is C28H33F8N5O2. The lowest BCUT2D eigenvalue weighted by atomic mass is 9.89. The van der Waals surface area contributed by atoms with Crippen LogP contribution >= 0.6 is 0 Å². The van der Waals surface area contributed by atoms with E-state index in [0.717, 1.165) is 34.1 Å². The summed E-state index contributed by atoms with van der Waals surface area (Å²) in [4.78, 5) is 15.2. The van der Waals surface area contributed by atoms with E-state index >= 15 is 0 Å². The molecule has 1 heterocycles. The molecule has 1 aromatic rings. The van der Waals surface area contributed by atoms with Gasteiger partial charge < -0.3 is 9.64 Å². The highest BCUT2D eigenvalue weighted by molar-refractivity contribution is 5.91. The van der Waals surface area contributed by atoms with Crippen LogP contribution in [0.1, 0.15) is 57.7 Å². The van der Waals surface area contributed by atoms with Crippen molar-refractivity contribution < 1.29 is 44.7 Å². The van der Waals surface area contributed by atoms with Crippen molar-refractivity contribution in [2.75, 3.05) is 18.5 Å². The van der Waals surface area contributed by atoms with Crippen LogP contribution in [0.2, 0.25) is 0 Å². The molecule has 0 aromatic heterocycles. The predicted molar refractivity (Wildman–Crippen MR) is 145 cm³/mol. The molecule has 0 spiro atoms. The van der Waals surface area contributed by atoms with Gasteiger partial charge in [0.15, 0.2) is 0 Å². The summed E-state index contributed by atoms with van der Waals surface area (Å²) in [5, 5.41) is 15.7. The maximum absolute atomic E-state index is 13.8. The van der Waals surface area contributed by atoms with Gasteiger partial charge in [-0.2, -0.15) is 31.5 Å². The molecule has 0 bridgehead atoms. The monoisotopic (exact) mass is 623 g/mol. The molecule has 1 N–H and O–H groups in total. The molecule has 2 rings (SSSR count). The summed E-state index contributed by atoms with van der Waals surface area (Å²) in [5.74, 6) is -0.659. The second-order valence-corrected chi connectivity index (χ2v) is 10.0. The minimum absolute atomic E-state index is 0.0104. The normalized spacial score (nSPS) is 18.3. The zero-order chi connectivity index (χ0) is 32.9. The number of anilines is 1. The number of halogens is 8. The lowest BCUT2D eigenvalue weighted by molar-refractivity contribution is -0.137. The van der Waals surface area contributed by atoms with Gasteiger partial charge in [-0.1, -0.05) is 13.5 Å². The fraction of sp³-hybridized carbons (Fsp3) is 0.500. The van der Waals surface area contributed by atoms with Crippen molar-refractivity contribution in [3.05, 3.63) is 64.8 Å². The second kappa shape index (κ2) is 14.1. The largest absolute Gasteiger partial charge is 0.446 e. The first-order valence-corrected chi connectivity index (χ1v) is 13.1. The number of benzene rings is 1. The Labute approximate surface area is 244 Å². The van der Waals surface area contributed by atoms with Crippen LogP contribution in [-0.2, 0) is 10.9 Å². The lowest BCUT2D eigenvalue weighted by Gasteiger charge is -2.43. The van der Waals surface area contributed by atoms with Crippen molar-refractivity contribution in [3.8, 4) is 0 Å². The quantitative estimate of drug-likeness (QED) is 0.103. The molecule has 2 atom stereocenters. The van der Waals surface area contributed by atoms with E-state index < -0.39 is 78.7 Å². The first kappa shape index (κ1) is 35.4. The Kier molecular flexibility index (Phi) is 11.6. The number of allylic oxidation sites excluding steroid dienone is 3. The molecule has 0 saturated heterocycles. The summed E-state index contributed by atoms with van der Waals surface area (Å²) in [5.41, 5.74) is -3.41. The topological polar surface area (TPSA) is 81.4 Å². The Morgan fingerprint density at radius 3 is 2.33 bits per heavy atom. The molecule has 1 amide bonds. The minimum Gasteiger partial charge on any atom is -0.446 e. The van der Waals surface area contributed by atoms with Crippen LogP contribution in [-0.4, -0.2) is 55.3 Å². The van der Waals surface area contributed by atoms with Crippen molar-refractivity contribution in [1.29, 1.82) is 5.41 Å². The Morgan fingerprint density at radius 1 is 1.21 bits per heavy atom. The van der Waals surface area contributed by atoms with Crippen molar-refractivity contribution >= 4 is 17.7 Å². The highest BCUT2D eigenvalue weighted by Gasteiger charge is 2.41. The standard InChI is InChI=1S/C28H33F8N5O2/c1-7-19(27(31,32)33)12-18(10-16(4)24(29)30)14-40(25(37)39-38-6)23-11-17(5)41(26(42)43-15(2)3)22-9-8-20(13-21(22)23)28(34,35)36/h8-10,12-13,15,17,23-24,37H,4,7,11,14H2,1-3,5-6H3/b18-10+,19-12+,37-25?,39-38?. The van der Waals surface area contributed by atoms with Gasteiger partial charge in [0.05, 0.1) is 23.4 Å². The van der Waals surface area contributed by atoms with Gasteiger partial charge in [-0.25, -0.2) is 13.6 Å². The summed E-state index contributed by atoms with van der Waals surface area (Å²) < 4.78 is 114. The third-order valence-electron chi connectivity index (χ3n) is 6.46. The van der Waals surface area contributed by atoms with E-state index in [0.29, 0.717) is 6.08 Å². The van der Waals surface area contributed by atoms with Crippen LogP contribution in [0.4, 0.5) is 45.6 Å². The smallest absolute Gasteiger partial charge is 0.416 e. The number of azo groups is 1. The number of carbonyl (C=O) groups is 1. The third kappa shape index (κ3) is 9.10. The van der Waals surface area contributed by atoms with Gasteiger partial charge in [0.25, 0.3) is 6.43 Å². The number of hydrogen-bond acceptors (Lipinski definition) is 4. The van der Waals surface area contributed by atoms with E-state index in [2.05, 4.69) is 16.8 Å². The van der Waals surface area contributed by atoms with Crippen molar-refractivity contribution in [3.63, 3.8) is 0 Å². The van der Waals surface area contributed by atoms with Crippen LogP contribution in [0.3, 0.4) is 0 Å². The SMILES string of the molecule is C=C(/C=C(\C=C(/CC)C(F)(F)F)CN(C(=N)N=NC)C1CC(C)N(C(=O)OC(C)C)c2ccc(C(F)(F)F)cc21)C(F)F. The predicted octanol–water partition coefficient (Wildman–Crippen LogP) is 8.86. The van der Waals surface area contributed by atoms with E-state index in [-0.39, 0.29) is 23.2 Å². The number of rotatable bonds is 8. The Bertz CT molecular complexity index is 1280. The molecular weight excluding hydrogens is 590 g/mol. The fourth-order valence-electron chi connectivity index (χ4n) is 4.57. The van der Waals surface area contributed by atoms with Crippen LogP contribution in [0, 0.1) is 5.41 Å². The van der Waals surface area contributed by atoms with E-state index in [1.165, 1.54) is 14.0 Å². The Balaban J connectivity index is 2.83. The average Bonchev–Trinajstić information content (AvgIpc) is 2.87. The Hall–Kier alpha value is -3.78. The van der Waals surface area contributed by atoms with Gasteiger partial charge in [-0.15, -0.1) is 5.11 Å². The molecule has 0 saturated carbocycles. The molecule has 1 aromatic carbocycles. The van der Waals surface area contributed by atoms with Crippen LogP contribution < -0.4 is 4.90 Å². The molecule has 0 fully saturated rings. The van der Waals surface area contributed by atoms with Crippen molar-refractivity contribution in [2.24, 2.45) is 10.2 Å². The Morgan fingerprint density at radius 2 is 1.84 bits per heavy atom. The summed E-state index contributed by atoms with van der Waals surface area (Å²) in [6.45, 7) is 8.50. The minimum atomic E-state index is -4.81. The van der Waals surface area contributed by atoms with Crippen LogP contribution in [0.5, 0.6) is 0 Å². The number of alkyl halides is 8. The van der Waals surface area contributed by atoms with Gasteiger partial charge in [0.1, 0.15) is 0 Å². The summed E-state index contributed by atoms with van der Waals surface area (Å²) >= 11 is 0. The highest BCUT2D eigenvalue weighted by atomic mass is 19.4. The van der Waals surface area contributed by atoms with Gasteiger partial charge in [0.2, 0.25) is 5.96 Å². The van der Waals surface area contributed by atoms with Gasteiger partial charge in [-0.05, 0) is 75.1 Å². The molecule has 238 valence electrons. The first-order chi connectivity index (χ1) is 19.8. The van der Waals surface area contributed by atoms with E-state index in [9.17, 15) is 39.9 Å². The van der Waals surface area contributed by atoms with Gasteiger partial charge in [-0.3, -0.25) is 10.3 Å². The molecule has 0 radical (unpaired) electrons. The lowest BCUT2D eigenvalue weighted by Crippen LogP contribution is -2.48. The number of carbonyl (C=O) groups excluding carboxylic acids is 1. The molecule has 1 aliphatic heterocycles. The number of hydrogen-bond donors (Lipinski definition) is 1. The maximum Gasteiger partial charge on any atom is 0.416 e. The summed E-state index contributed by atoms with van der Waals surface area (Å²) in [6, 6.07) is 0.688. The zero-order valence-electron chi connectivity index (χ0n) is 24.2. The highest BCUT2D eigenvalue weighted by Crippen LogP contribution is 2.44. The van der Waals surface area contributed by atoms with Crippen molar-refractivity contribution in [2.45, 2.75) is 77.5 Å². The molecule has 7 nitrogen and oxygen atoms in total. The molecule has 43 heavy (non-hydrogen) atoms. The van der Waals surface area contributed by atoms with Gasteiger partial charge >= 0.3 is 18.4 Å². The van der Waals surface area contributed by atoms with Crippen LogP contribution in [0.15, 0.2) is 63.9 Å². The molecule has 0 aliphatic carbocycles.